The second kappa shape index (κ2) is 6.97. The van der Waals surface area contributed by atoms with E-state index in [-0.39, 0.29) is 0 Å². The molecule has 0 unspecified atom stereocenters. The zero-order valence-electron chi connectivity index (χ0n) is 11.8. The van der Waals surface area contributed by atoms with Gasteiger partial charge in [-0.2, -0.15) is 0 Å². The van der Waals surface area contributed by atoms with Gasteiger partial charge in [0.05, 0.1) is 11.9 Å². The van der Waals surface area contributed by atoms with E-state index in [1.54, 1.807) is 4.68 Å². The number of benzene rings is 1. The van der Waals surface area contributed by atoms with Crippen LogP contribution in [0.15, 0.2) is 28.9 Å². The quantitative estimate of drug-likeness (QED) is 0.756. The third-order valence-electron chi connectivity index (χ3n) is 2.81. The largest absolute Gasteiger partial charge is 0.347 e. The molecule has 1 aromatic heterocycles. The van der Waals surface area contributed by atoms with E-state index < -0.39 is 6.29 Å². The Bertz CT molecular complexity index is 565. The zero-order valence-corrected chi connectivity index (χ0v) is 13.4. The highest BCUT2D eigenvalue weighted by Gasteiger charge is 2.16. The Morgan fingerprint density at radius 3 is 2.60 bits per heavy atom. The van der Waals surface area contributed by atoms with E-state index >= 15 is 0 Å². The second-order valence-corrected chi connectivity index (χ2v) is 5.18. The Hall–Kier alpha value is -1.24. The van der Waals surface area contributed by atoms with Crippen molar-refractivity contribution in [2.75, 3.05) is 13.2 Å². The standard InChI is InChI=1S/C14H18BrN3O2/c1-4-19-14(20-5-2)12-9-18(17-16-12)13-8-11(15)7-6-10(13)3/h6-9,14H,4-5H2,1-3H3. The molecule has 1 heterocycles. The fourth-order valence-corrected chi connectivity index (χ4v) is 2.20. The molecule has 1 aromatic carbocycles. The van der Waals surface area contributed by atoms with Crippen LogP contribution in [0.3, 0.4) is 0 Å². The molecule has 0 bridgehead atoms. The summed E-state index contributed by atoms with van der Waals surface area (Å²) in [5.41, 5.74) is 2.77. The number of nitrogens with zero attached hydrogens (tertiary/aromatic N) is 3. The lowest BCUT2D eigenvalue weighted by molar-refractivity contribution is -0.142. The minimum absolute atomic E-state index is 0.466. The van der Waals surface area contributed by atoms with Crippen molar-refractivity contribution < 1.29 is 9.47 Å². The summed E-state index contributed by atoms with van der Waals surface area (Å²) in [5, 5.41) is 8.31. The average molecular weight is 340 g/mol. The van der Waals surface area contributed by atoms with E-state index in [1.807, 2.05) is 45.2 Å². The predicted octanol–water partition coefficient (Wildman–Crippen LogP) is 3.41. The molecule has 0 aliphatic heterocycles. The first-order valence-corrected chi connectivity index (χ1v) is 7.37. The molecule has 6 heteroatoms. The molecular formula is C14H18BrN3O2. The third-order valence-corrected chi connectivity index (χ3v) is 3.30. The highest BCUT2D eigenvalue weighted by Crippen LogP contribution is 2.21. The van der Waals surface area contributed by atoms with Crippen molar-refractivity contribution in [3.63, 3.8) is 0 Å². The molecule has 0 fully saturated rings. The Labute approximate surface area is 127 Å². The van der Waals surface area contributed by atoms with Crippen molar-refractivity contribution in [1.29, 1.82) is 0 Å². The van der Waals surface area contributed by atoms with Crippen molar-refractivity contribution >= 4 is 15.9 Å². The summed E-state index contributed by atoms with van der Waals surface area (Å²) in [5.74, 6) is 0. The Morgan fingerprint density at radius 2 is 1.95 bits per heavy atom. The van der Waals surface area contributed by atoms with Gasteiger partial charge < -0.3 is 9.47 Å². The third kappa shape index (κ3) is 3.45. The minimum Gasteiger partial charge on any atom is -0.347 e. The van der Waals surface area contributed by atoms with Crippen LogP contribution in [0.4, 0.5) is 0 Å². The molecule has 20 heavy (non-hydrogen) atoms. The lowest BCUT2D eigenvalue weighted by atomic mass is 10.2. The highest BCUT2D eigenvalue weighted by molar-refractivity contribution is 9.10. The topological polar surface area (TPSA) is 49.2 Å². The lowest BCUT2D eigenvalue weighted by Gasteiger charge is -2.13. The van der Waals surface area contributed by atoms with Crippen LogP contribution >= 0.6 is 15.9 Å². The molecule has 0 saturated carbocycles. The number of hydrogen-bond donors (Lipinski definition) is 0. The van der Waals surface area contributed by atoms with Gasteiger partial charge in [-0.1, -0.05) is 27.2 Å². The van der Waals surface area contributed by atoms with Gasteiger partial charge >= 0.3 is 0 Å². The van der Waals surface area contributed by atoms with Gasteiger partial charge in [-0.25, -0.2) is 4.68 Å². The van der Waals surface area contributed by atoms with Crippen molar-refractivity contribution in [1.82, 2.24) is 15.0 Å². The van der Waals surface area contributed by atoms with Gasteiger partial charge in [-0.15, -0.1) is 5.10 Å². The van der Waals surface area contributed by atoms with Gasteiger partial charge in [0, 0.05) is 17.7 Å². The summed E-state index contributed by atoms with van der Waals surface area (Å²) in [6.45, 7) is 7.01. The molecule has 108 valence electrons. The van der Waals surface area contributed by atoms with Crippen LogP contribution in [0.2, 0.25) is 0 Å². The fourth-order valence-electron chi connectivity index (χ4n) is 1.85. The first kappa shape index (κ1) is 15.2. The van der Waals surface area contributed by atoms with E-state index in [4.69, 9.17) is 9.47 Å². The normalized spacial score (nSPS) is 11.2. The second-order valence-electron chi connectivity index (χ2n) is 4.26. The van der Waals surface area contributed by atoms with Crippen LogP contribution in [0.5, 0.6) is 0 Å². The molecule has 0 saturated heterocycles. The van der Waals surface area contributed by atoms with Gasteiger partial charge in [0.25, 0.3) is 0 Å². The number of halogens is 1. The average Bonchev–Trinajstić information content (AvgIpc) is 2.91. The van der Waals surface area contributed by atoms with Crippen molar-refractivity contribution in [3.05, 3.63) is 40.1 Å². The van der Waals surface area contributed by atoms with Crippen LogP contribution in [0, 0.1) is 6.92 Å². The monoisotopic (exact) mass is 339 g/mol. The van der Waals surface area contributed by atoms with Crippen LogP contribution in [-0.2, 0) is 9.47 Å². The summed E-state index contributed by atoms with van der Waals surface area (Å²) < 4.78 is 13.8. The summed E-state index contributed by atoms with van der Waals surface area (Å²) >= 11 is 3.47. The van der Waals surface area contributed by atoms with E-state index in [0.717, 1.165) is 15.7 Å². The molecule has 0 atom stereocenters. The molecule has 0 aliphatic carbocycles. The van der Waals surface area contributed by atoms with Crippen LogP contribution in [0.25, 0.3) is 5.69 Å². The number of aryl methyl sites for hydroxylation is 1. The summed E-state index contributed by atoms with van der Waals surface area (Å²) in [4.78, 5) is 0. The van der Waals surface area contributed by atoms with Crippen molar-refractivity contribution in [2.24, 2.45) is 0 Å². The Kier molecular flexibility index (Phi) is 5.28. The molecule has 0 N–H and O–H groups in total. The zero-order chi connectivity index (χ0) is 14.5. The predicted molar refractivity (Wildman–Crippen MR) is 79.8 cm³/mol. The maximum Gasteiger partial charge on any atom is 0.204 e. The van der Waals surface area contributed by atoms with Crippen LogP contribution < -0.4 is 0 Å². The van der Waals surface area contributed by atoms with E-state index in [9.17, 15) is 0 Å². The van der Waals surface area contributed by atoms with E-state index in [0.29, 0.717) is 18.9 Å². The molecule has 2 aromatic rings. The first-order valence-electron chi connectivity index (χ1n) is 6.57. The Morgan fingerprint density at radius 1 is 1.25 bits per heavy atom. The van der Waals surface area contributed by atoms with E-state index in [1.165, 1.54) is 0 Å². The minimum atomic E-state index is -0.466. The summed E-state index contributed by atoms with van der Waals surface area (Å²) in [7, 11) is 0. The molecule has 2 rings (SSSR count). The summed E-state index contributed by atoms with van der Waals surface area (Å²) in [6, 6.07) is 6.04. The number of hydrogen-bond acceptors (Lipinski definition) is 4. The van der Waals surface area contributed by atoms with Gasteiger partial charge in [0.15, 0.2) is 0 Å². The van der Waals surface area contributed by atoms with Crippen LogP contribution in [-0.4, -0.2) is 28.2 Å². The molecule has 0 spiro atoms. The number of rotatable bonds is 6. The van der Waals surface area contributed by atoms with Gasteiger partial charge in [-0.05, 0) is 38.5 Å². The molecule has 5 nitrogen and oxygen atoms in total. The van der Waals surface area contributed by atoms with E-state index in [2.05, 4.69) is 26.2 Å². The van der Waals surface area contributed by atoms with Gasteiger partial charge in [0.1, 0.15) is 5.69 Å². The molecular weight excluding hydrogens is 322 g/mol. The maximum atomic E-state index is 5.52. The van der Waals surface area contributed by atoms with Crippen molar-refractivity contribution in [2.45, 2.75) is 27.1 Å². The molecule has 0 radical (unpaired) electrons. The van der Waals surface area contributed by atoms with Crippen molar-refractivity contribution in [3.8, 4) is 5.69 Å². The SMILES string of the molecule is CCOC(OCC)c1cn(-c2cc(Br)ccc2C)nn1. The highest BCUT2D eigenvalue weighted by atomic mass is 79.9. The smallest absolute Gasteiger partial charge is 0.204 e. The lowest BCUT2D eigenvalue weighted by Crippen LogP contribution is -2.09. The number of aromatic nitrogens is 3. The number of ether oxygens (including phenoxy) is 2. The van der Waals surface area contributed by atoms with Crippen LogP contribution in [0.1, 0.15) is 31.4 Å². The summed E-state index contributed by atoms with van der Waals surface area (Å²) in [6.07, 6.45) is 1.37. The van der Waals surface area contributed by atoms with Gasteiger partial charge in [0.2, 0.25) is 6.29 Å². The maximum absolute atomic E-state index is 5.52. The molecule has 0 aliphatic rings. The fraction of sp³-hybridized carbons (Fsp3) is 0.429. The Balaban J connectivity index is 2.29. The molecule has 0 amide bonds. The van der Waals surface area contributed by atoms with Gasteiger partial charge in [-0.3, -0.25) is 0 Å². The first-order chi connectivity index (χ1) is 9.65.